The first-order valence-electron chi connectivity index (χ1n) is 4.55. The minimum Gasteiger partial charge on any atom is -0.409 e. The third kappa shape index (κ3) is 3.51. The Bertz CT molecular complexity index is 419. The number of pyridine rings is 1. The van der Waals surface area contributed by atoms with Gasteiger partial charge in [-0.05, 0) is 6.07 Å². The molecule has 1 aromatic heterocycles. The zero-order chi connectivity index (χ0) is 13.1. The minimum absolute atomic E-state index is 0.139. The molecule has 0 radical (unpaired) electrons. The number of hydrogen-bond acceptors (Lipinski definition) is 4. The summed E-state index contributed by atoms with van der Waals surface area (Å²) in [6, 6.07) is 1.37. The van der Waals surface area contributed by atoms with Gasteiger partial charge in [-0.3, -0.25) is 4.98 Å². The van der Waals surface area contributed by atoms with Gasteiger partial charge in [0.1, 0.15) is 6.54 Å². The smallest absolute Gasteiger partial charge is 0.405 e. The molecule has 17 heavy (non-hydrogen) atoms. The molecule has 3 N–H and O–H groups in total. The van der Waals surface area contributed by atoms with Crippen LogP contribution in [0.5, 0.6) is 0 Å². The van der Waals surface area contributed by atoms with E-state index in [0.29, 0.717) is 0 Å². The summed E-state index contributed by atoms with van der Waals surface area (Å²) in [5.74, 6) is -0.267. The summed E-state index contributed by atoms with van der Waals surface area (Å²) < 4.78 is 36.7. The number of anilines is 1. The molecule has 0 aromatic carbocycles. The molecular weight excluding hydrogens is 237 g/mol. The lowest BCUT2D eigenvalue weighted by molar-refractivity contribution is -0.119. The molecule has 1 rings (SSSR count). The van der Waals surface area contributed by atoms with Crippen molar-refractivity contribution in [2.75, 3.05) is 18.5 Å². The van der Waals surface area contributed by atoms with E-state index >= 15 is 0 Å². The number of halogens is 3. The molecular formula is C9H11F3N4O. The van der Waals surface area contributed by atoms with Gasteiger partial charge in [-0.25, -0.2) is 0 Å². The van der Waals surface area contributed by atoms with E-state index in [1.165, 1.54) is 25.5 Å². The Morgan fingerprint density at radius 1 is 1.59 bits per heavy atom. The molecule has 5 nitrogen and oxygen atoms in total. The summed E-state index contributed by atoms with van der Waals surface area (Å²) >= 11 is 0. The van der Waals surface area contributed by atoms with Crippen LogP contribution < -0.4 is 10.6 Å². The molecule has 0 amide bonds. The Morgan fingerprint density at radius 3 is 2.76 bits per heavy atom. The number of rotatable bonds is 3. The second-order valence-electron chi connectivity index (χ2n) is 3.35. The summed E-state index contributed by atoms with van der Waals surface area (Å²) in [6.07, 6.45) is -1.77. The van der Waals surface area contributed by atoms with Crippen molar-refractivity contribution in [3.8, 4) is 0 Å². The highest BCUT2D eigenvalue weighted by Crippen LogP contribution is 2.23. The van der Waals surface area contributed by atoms with Gasteiger partial charge in [0.2, 0.25) is 0 Å². The minimum atomic E-state index is -4.34. The topological polar surface area (TPSA) is 74.7 Å². The summed E-state index contributed by atoms with van der Waals surface area (Å²) in [4.78, 5) is 4.64. The number of nitrogens with two attached hydrogens (primary N) is 1. The van der Waals surface area contributed by atoms with E-state index in [9.17, 15) is 13.2 Å². The second kappa shape index (κ2) is 4.89. The van der Waals surface area contributed by atoms with Crippen molar-refractivity contribution in [2.24, 2.45) is 10.9 Å². The zero-order valence-corrected chi connectivity index (χ0v) is 8.94. The molecule has 8 heteroatoms. The Balaban J connectivity index is 3.05. The molecule has 1 aromatic rings. The van der Waals surface area contributed by atoms with Gasteiger partial charge in [0.05, 0.1) is 11.9 Å². The summed E-state index contributed by atoms with van der Waals surface area (Å²) in [5, 5.41) is 11.3. The van der Waals surface area contributed by atoms with Gasteiger partial charge in [-0.2, -0.15) is 13.2 Å². The van der Waals surface area contributed by atoms with Crippen molar-refractivity contribution < 1.29 is 18.4 Å². The fourth-order valence-corrected chi connectivity index (χ4v) is 1.31. The van der Waals surface area contributed by atoms with E-state index in [-0.39, 0.29) is 17.1 Å². The van der Waals surface area contributed by atoms with Gasteiger partial charge in [-0.15, -0.1) is 0 Å². The van der Waals surface area contributed by atoms with Crippen LogP contribution in [0.25, 0.3) is 0 Å². The summed E-state index contributed by atoms with van der Waals surface area (Å²) in [7, 11) is 1.25. The van der Waals surface area contributed by atoms with Crippen LogP contribution in [-0.2, 0) is 0 Å². The fourth-order valence-electron chi connectivity index (χ4n) is 1.31. The van der Waals surface area contributed by atoms with Gasteiger partial charge in [0.15, 0.2) is 5.84 Å². The lowest BCUT2D eigenvalue weighted by Crippen LogP contribution is -2.32. The average Bonchev–Trinajstić information content (AvgIpc) is 2.25. The standard InChI is InChI=1S/C9H11F3N4O/c1-16(5-9(10,11)12)7-4-14-3-2-6(7)8(13)15-17/h2-4,17H,5H2,1H3,(H2,13,15). The predicted octanol–water partition coefficient (Wildman–Crippen LogP) is 1.17. The maximum atomic E-state index is 12.2. The number of alkyl halides is 3. The van der Waals surface area contributed by atoms with E-state index < -0.39 is 12.7 Å². The number of amidine groups is 1. The highest BCUT2D eigenvalue weighted by molar-refractivity contribution is 6.01. The van der Waals surface area contributed by atoms with E-state index in [2.05, 4.69) is 10.1 Å². The van der Waals surface area contributed by atoms with Crippen LogP contribution in [-0.4, -0.2) is 35.8 Å². The molecule has 94 valence electrons. The number of hydrogen-bond donors (Lipinski definition) is 2. The van der Waals surface area contributed by atoms with Crippen LogP contribution in [0.15, 0.2) is 23.6 Å². The first kappa shape index (κ1) is 13.1. The van der Waals surface area contributed by atoms with Gasteiger partial charge in [-0.1, -0.05) is 5.16 Å². The molecule has 0 aliphatic rings. The van der Waals surface area contributed by atoms with Gasteiger partial charge < -0.3 is 15.8 Å². The Morgan fingerprint density at radius 2 is 2.24 bits per heavy atom. The van der Waals surface area contributed by atoms with Crippen molar-refractivity contribution in [3.63, 3.8) is 0 Å². The molecule has 0 atom stereocenters. The lowest BCUT2D eigenvalue weighted by atomic mass is 10.2. The fraction of sp³-hybridized carbons (Fsp3) is 0.333. The van der Waals surface area contributed by atoms with Crippen LogP contribution in [0.2, 0.25) is 0 Å². The highest BCUT2D eigenvalue weighted by atomic mass is 19.4. The maximum Gasteiger partial charge on any atom is 0.405 e. The van der Waals surface area contributed by atoms with E-state index in [1.54, 1.807) is 0 Å². The molecule has 1 heterocycles. The molecule has 0 bridgehead atoms. The zero-order valence-electron chi connectivity index (χ0n) is 8.94. The quantitative estimate of drug-likeness (QED) is 0.364. The lowest BCUT2D eigenvalue weighted by Gasteiger charge is -2.22. The third-order valence-corrected chi connectivity index (χ3v) is 2.01. The van der Waals surface area contributed by atoms with Gasteiger partial charge in [0.25, 0.3) is 0 Å². The first-order chi connectivity index (χ1) is 7.85. The SMILES string of the molecule is CN(CC(F)(F)F)c1cnccc1/C(N)=N/O. The van der Waals surface area contributed by atoms with Crippen LogP contribution >= 0.6 is 0 Å². The average molecular weight is 248 g/mol. The van der Waals surface area contributed by atoms with Crippen molar-refractivity contribution in [1.82, 2.24) is 4.98 Å². The number of oxime groups is 1. The molecule has 0 aliphatic heterocycles. The van der Waals surface area contributed by atoms with Crippen LogP contribution in [0.1, 0.15) is 5.56 Å². The summed E-state index contributed by atoms with van der Waals surface area (Å²) in [5.41, 5.74) is 5.69. The van der Waals surface area contributed by atoms with Gasteiger partial charge in [0, 0.05) is 18.8 Å². The molecule has 0 unspecified atom stereocenters. The summed E-state index contributed by atoms with van der Waals surface area (Å²) in [6.45, 7) is -1.15. The second-order valence-corrected chi connectivity index (χ2v) is 3.35. The maximum absolute atomic E-state index is 12.2. The van der Waals surface area contributed by atoms with Crippen molar-refractivity contribution in [3.05, 3.63) is 24.0 Å². The largest absolute Gasteiger partial charge is 0.409 e. The first-order valence-corrected chi connectivity index (χ1v) is 4.55. The Kier molecular flexibility index (Phi) is 3.77. The highest BCUT2D eigenvalue weighted by Gasteiger charge is 2.30. The van der Waals surface area contributed by atoms with Crippen LogP contribution in [0.3, 0.4) is 0 Å². The predicted molar refractivity (Wildman–Crippen MR) is 56.1 cm³/mol. The van der Waals surface area contributed by atoms with Crippen molar-refractivity contribution in [2.45, 2.75) is 6.18 Å². The normalized spacial score (nSPS) is 12.6. The molecule has 0 saturated heterocycles. The molecule has 0 aliphatic carbocycles. The molecule has 0 saturated carbocycles. The van der Waals surface area contributed by atoms with Crippen molar-refractivity contribution >= 4 is 11.5 Å². The number of aromatic nitrogens is 1. The Hall–Kier alpha value is -1.99. The van der Waals surface area contributed by atoms with Crippen molar-refractivity contribution in [1.29, 1.82) is 0 Å². The van der Waals surface area contributed by atoms with E-state index in [4.69, 9.17) is 10.9 Å². The molecule has 0 fully saturated rings. The third-order valence-electron chi connectivity index (χ3n) is 2.01. The van der Waals surface area contributed by atoms with E-state index in [1.807, 2.05) is 0 Å². The van der Waals surface area contributed by atoms with Crippen LogP contribution in [0, 0.1) is 0 Å². The van der Waals surface area contributed by atoms with Crippen LogP contribution in [0.4, 0.5) is 18.9 Å². The van der Waals surface area contributed by atoms with E-state index in [0.717, 1.165) is 4.90 Å². The Labute approximate surface area is 95.4 Å². The molecule has 0 spiro atoms. The van der Waals surface area contributed by atoms with Gasteiger partial charge >= 0.3 is 6.18 Å². The number of nitrogens with zero attached hydrogens (tertiary/aromatic N) is 3. The monoisotopic (exact) mass is 248 g/mol.